The van der Waals surface area contributed by atoms with Crippen LogP contribution in [0.5, 0.6) is 0 Å². The van der Waals surface area contributed by atoms with Gasteiger partial charge in [-0.05, 0) is 18.1 Å². The number of nitrogens with zero attached hydrogens (tertiary/aromatic N) is 1. The average molecular weight is 258 g/mol. The number of pyridine rings is 1. The zero-order chi connectivity index (χ0) is 13.8. The lowest BCUT2D eigenvalue weighted by molar-refractivity contribution is -0.142. The number of benzene rings is 1. The summed E-state index contributed by atoms with van der Waals surface area (Å²) >= 11 is 0. The highest BCUT2D eigenvalue weighted by atomic mass is 16.5. The van der Waals surface area contributed by atoms with Gasteiger partial charge in [0, 0.05) is 5.39 Å². The minimum Gasteiger partial charge on any atom is -0.467 e. The van der Waals surface area contributed by atoms with Gasteiger partial charge < -0.3 is 10.1 Å². The number of carbonyl (C=O) groups excluding carboxylic acids is 1. The van der Waals surface area contributed by atoms with Crippen molar-refractivity contribution in [2.24, 2.45) is 5.92 Å². The van der Waals surface area contributed by atoms with E-state index in [1.165, 1.54) is 7.11 Å². The fraction of sp³-hybridized carbons (Fsp3) is 0.333. The SMILES string of the molecule is COC(=O)C(Nc1cnc2ccccc2c1)C(C)C. The van der Waals surface area contributed by atoms with Gasteiger partial charge in [-0.2, -0.15) is 0 Å². The van der Waals surface area contributed by atoms with Crippen LogP contribution in [0.4, 0.5) is 5.69 Å². The number of hydrogen-bond donors (Lipinski definition) is 1. The van der Waals surface area contributed by atoms with E-state index < -0.39 is 0 Å². The number of hydrogen-bond acceptors (Lipinski definition) is 4. The molecule has 1 aromatic heterocycles. The molecule has 0 aliphatic rings. The molecule has 2 aromatic rings. The van der Waals surface area contributed by atoms with E-state index in [2.05, 4.69) is 10.3 Å². The van der Waals surface area contributed by atoms with E-state index in [1.54, 1.807) is 6.20 Å². The van der Waals surface area contributed by atoms with Gasteiger partial charge in [0.2, 0.25) is 0 Å². The Morgan fingerprint density at radius 1 is 1.32 bits per heavy atom. The van der Waals surface area contributed by atoms with E-state index in [1.807, 2.05) is 44.2 Å². The van der Waals surface area contributed by atoms with E-state index in [4.69, 9.17) is 4.74 Å². The molecule has 0 aliphatic carbocycles. The number of anilines is 1. The van der Waals surface area contributed by atoms with Gasteiger partial charge in [-0.1, -0.05) is 32.0 Å². The van der Waals surface area contributed by atoms with Gasteiger partial charge in [0.25, 0.3) is 0 Å². The number of fused-ring (bicyclic) bond motifs is 1. The number of aromatic nitrogens is 1. The van der Waals surface area contributed by atoms with Crippen LogP contribution < -0.4 is 5.32 Å². The molecule has 100 valence electrons. The van der Waals surface area contributed by atoms with Crippen molar-refractivity contribution in [3.8, 4) is 0 Å². The maximum absolute atomic E-state index is 11.7. The van der Waals surface area contributed by atoms with Crippen LogP contribution in [-0.2, 0) is 9.53 Å². The molecule has 1 atom stereocenters. The zero-order valence-electron chi connectivity index (χ0n) is 11.4. The molecule has 0 saturated carbocycles. The number of esters is 1. The Kier molecular flexibility index (Phi) is 4.00. The third-order valence-corrected chi connectivity index (χ3v) is 3.03. The van der Waals surface area contributed by atoms with E-state index in [0.717, 1.165) is 16.6 Å². The van der Waals surface area contributed by atoms with Crippen LogP contribution in [0.15, 0.2) is 36.5 Å². The first kappa shape index (κ1) is 13.3. The fourth-order valence-corrected chi connectivity index (χ4v) is 1.95. The lowest BCUT2D eigenvalue weighted by atomic mass is 10.0. The standard InChI is InChI=1S/C15H18N2O2/c1-10(2)14(15(18)19-3)17-12-8-11-6-4-5-7-13(11)16-9-12/h4-10,14,17H,1-3H3. The van der Waals surface area contributed by atoms with Crippen LogP contribution in [0, 0.1) is 5.92 Å². The zero-order valence-corrected chi connectivity index (χ0v) is 11.4. The van der Waals surface area contributed by atoms with Gasteiger partial charge in [-0.25, -0.2) is 4.79 Å². The maximum Gasteiger partial charge on any atom is 0.328 e. The minimum absolute atomic E-state index is 0.138. The molecule has 0 fully saturated rings. The monoisotopic (exact) mass is 258 g/mol. The van der Waals surface area contributed by atoms with Gasteiger partial charge in [-0.3, -0.25) is 4.98 Å². The summed E-state index contributed by atoms with van der Waals surface area (Å²) in [7, 11) is 1.40. The number of ether oxygens (including phenoxy) is 1. The van der Waals surface area contributed by atoms with Crippen molar-refractivity contribution < 1.29 is 9.53 Å². The van der Waals surface area contributed by atoms with Crippen molar-refractivity contribution in [2.75, 3.05) is 12.4 Å². The molecule has 19 heavy (non-hydrogen) atoms. The largest absolute Gasteiger partial charge is 0.467 e. The third kappa shape index (κ3) is 3.02. The van der Waals surface area contributed by atoms with Crippen molar-refractivity contribution in [1.29, 1.82) is 0 Å². The summed E-state index contributed by atoms with van der Waals surface area (Å²) in [6, 6.07) is 9.49. The Labute approximate surface area is 112 Å². The van der Waals surface area contributed by atoms with E-state index in [9.17, 15) is 4.79 Å². The summed E-state index contributed by atoms with van der Waals surface area (Å²) < 4.78 is 4.81. The molecule has 0 saturated heterocycles. The lowest BCUT2D eigenvalue weighted by Crippen LogP contribution is -2.35. The van der Waals surface area contributed by atoms with Crippen molar-refractivity contribution in [3.63, 3.8) is 0 Å². The topological polar surface area (TPSA) is 51.2 Å². The van der Waals surface area contributed by atoms with Crippen LogP contribution in [-0.4, -0.2) is 24.1 Å². The first-order chi connectivity index (χ1) is 9.11. The molecule has 1 heterocycles. The van der Waals surface area contributed by atoms with Gasteiger partial charge >= 0.3 is 5.97 Å². The quantitative estimate of drug-likeness (QED) is 0.857. The second-order valence-electron chi connectivity index (χ2n) is 4.81. The van der Waals surface area contributed by atoms with Crippen molar-refractivity contribution in [2.45, 2.75) is 19.9 Å². The van der Waals surface area contributed by atoms with Gasteiger partial charge in [0.15, 0.2) is 0 Å². The predicted octanol–water partition coefficient (Wildman–Crippen LogP) is 2.84. The molecule has 2 rings (SSSR count). The molecule has 0 bridgehead atoms. The summed E-state index contributed by atoms with van der Waals surface area (Å²) in [6.07, 6.45) is 1.74. The molecule has 0 spiro atoms. The Morgan fingerprint density at radius 3 is 2.74 bits per heavy atom. The number of methoxy groups -OCH3 is 1. The van der Waals surface area contributed by atoms with Crippen LogP contribution in [0.1, 0.15) is 13.8 Å². The highest BCUT2D eigenvalue weighted by Gasteiger charge is 2.22. The summed E-state index contributed by atoms with van der Waals surface area (Å²) in [4.78, 5) is 16.1. The molecule has 0 amide bonds. The highest BCUT2D eigenvalue weighted by Crippen LogP contribution is 2.18. The molecule has 1 unspecified atom stereocenters. The molecule has 4 heteroatoms. The number of nitrogens with one attached hydrogen (secondary N) is 1. The Morgan fingerprint density at radius 2 is 2.05 bits per heavy atom. The van der Waals surface area contributed by atoms with Crippen LogP contribution >= 0.6 is 0 Å². The minimum atomic E-state index is -0.368. The number of para-hydroxylation sites is 1. The second-order valence-corrected chi connectivity index (χ2v) is 4.81. The maximum atomic E-state index is 11.7. The summed E-state index contributed by atoms with van der Waals surface area (Å²) in [5.74, 6) is -0.123. The van der Waals surface area contributed by atoms with Gasteiger partial charge in [0.05, 0.1) is 24.5 Å². The normalized spacial score (nSPS) is 12.4. The average Bonchev–Trinajstić information content (AvgIpc) is 2.43. The molecule has 0 radical (unpaired) electrons. The smallest absolute Gasteiger partial charge is 0.328 e. The van der Waals surface area contributed by atoms with Crippen LogP contribution in [0.3, 0.4) is 0 Å². The Bertz CT molecular complexity index is 581. The van der Waals surface area contributed by atoms with Crippen molar-refractivity contribution >= 4 is 22.6 Å². The molecular weight excluding hydrogens is 240 g/mol. The van der Waals surface area contributed by atoms with Crippen molar-refractivity contribution in [1.82, 2.24) is 4.98 Å². The summed E-state index contributed by atoms with van der Waals surface area (Å²) in [5, 5.41) is 4.23. The Hall–Kier alpha value is -2.10. The molecule has 0 aliphatic heterocycles. The Balaban J connectivity index is 2.26. The lowest BCUT2D eigenvalue weighted by Gasteiger charge is -2.20. The summed E-state index contributed by atoms with van der Waals surface area (Å²) in [5.41, 5.74) is 1.76. The fourth-order valence-electron chi connectivity index (χ4n) is 1.95. The molecule has 1 aromatic carbocycles. The van der Waals surface area contributed by atoms with E-state index in [0.29, 0.717) is 0 Å². The third-order valence-electron chi connectivity index (χ3n) is 3.03. The van der Waals surface area contributed by atoms with Gasteiger partial charge in [0.1, 0.15) is 6.04 Å². The number of rotatable bonds is 4. The highest BCUT2D eigenvalue weighted by molar-refractivity contribution is 5.84. The molecule has 4 nitrogen and oxygen atoms in total. The van der Waals surface area contributed by atoms with E-state index in [-0.39, 0.29) is 17.9 Å². The predicted molar refractivity (Wildman–Crippen MR) is 76.0 cm³/mol. The van der Waals surface area contributed by atoms with Crippen LogP contribution in [0.2, 0.25) is 0 Å². The second kappa shape index (κ2) is 5.69. The van der Waals surface area contributed by atoms with Crippen molar-refractivity contribution in [3.05, 3.63) is 36.5 Å². The van der Waals surface area contributed by atoms with Crippen LogP contribution in [0.25, 0.3) is 10.9 Å². The van der Waals surface area contributed by atoms with E-state index >= 15 is 0 Å². The molecule has 1 N–H and O–H groups in total. The number of carbonyl (C=O) groups is 1. The molecular formula is C15H18N2O2. The van der Waals surface area contributed by atoms with Gasteiger partial charge in [-0.15, -0.1) is 0 Å². The first-order valence-electron chi connectivity index (χ1n) is 6.31. The summed E-state index contributed by atoms with van der Waals surface area (Å²) in [6.45, 7) is 3.95. The first-order valence-corrected chi connectivity index (χ1v) is 6.31.